The van der Waals surface area contributed by atoms with Crippen LogP contribution in [0.4, 0.5) is 5.69 Å². The zero-order valence-electron chi connectivity index (χ0n) is 9.58. The maximum atomic E-state index is 11.9. The predicted octanol–water partition coefficient (Wildman–Crippen LogP) is 3.91. The number of hydrogen-bond acceptors (Lipinski definition) is 2. The summed E-state index contributed by atoms with van der Waals surface area (Å²) in [6, 6.07) is 9.12. The van der Waals surface area contributed by atoms with Crippen LogP contribution in [-0.2, 0) is 0 Å². The number of rotatable bonds is 2. The van der Waals surface area contributed by atoms with Crippen molar-refractivity contribution < 1.29 is 9.21 Å². The molecule has 3 nitrogen and oxygen atoms in total. The number of hydrogen-bond donors (Lipinski definition) is 1. The second-order valence-corrected chi connectivity index (χ2v) is 4.59. The fourth-order valence-electron chi connectivity index (χ4n) is 1.48. The topological polar surface area (TPSA) is 42.2 Å². The van der Waals surface area contributed by atoms with Crippen LogP contribution in [-0.4, -0.2) is 5.91 Å². The van der Waals surface area contributed by atoms with Crippen LogP contribution >= 0.6 is 15.9 Å². The number of benzene rings is 1. The molecule has 0 fully saturated rings. The van der Waals surface area contributed by atoms with E-state index in [4.69, 9.17) is 4.42 Å². The summed E-state index contributed by atoms with van der Waals surface area (Å²) in [7, 11) is 0. The summed E-state index contributed by atoms with van der Waals surface area (Å²) < 4.78 is 6.15. The molecule has 0 aliphatic carbocycles. The lowest BCUT2D eigenvalue weighted by Gasteiger charge is -2.07. The maximum absolute atomic E-state index is 11.9. The smallest absolute Gasteiger partial charge is 0.291 e. The van der Waals surface area contributed by atoms with Crippen LogP contribution in [0.25, 0.3) is 0 Å². The van der Waals surface area contributed by atoms with Crippen molar-refractivity contribution in [1.29, 1.82) is 0 Å². The molecule has 0 spiro atoms. The zero-order chi connectivity index (χ0) is 12.4. The zero-order valence-corrected chi connectivity index (χ0v) is 11.2. The highest BCUT2D eigenvalue weighted by molar-refractivity contribution is 9.10. The van der Waals surface area contributed by atoms with Crippen molar-refractivity contribution in [2.75, 3.05) is 5.32 Å². The van der Waals surface area contributed by atoms with Crippen LogP contribution in [0.1, 0.15) is 21.9 Å². The van der Waals surface area contributed by atoms with Crippen LogP contribution in [0.15, 0.2) is 39.2 Å². The number of furan rings is 1. The van der Waals surface area contributed by atoms with Gasteiger partial charge in [0.15, 0.2) is 5.76 Å². The second-order valence-electron chi connectivity index (χ2n) is 3.80. The Morgan fingerprint density at radius 1 is 1.24 bits per heavy atom. The first-order valence-electron chi connectivity index (χ1n) is 5.21. The fraction of sp³-hybridized carbons (Fsp3) is 0.154. The molecule has 4 heteroatoms. The maximum Gasteiger partial charge on any atom is 0.291 e. The molecule has 0 aliphatic heterocycles. The summed E-state index contributed by atoms with van der Waals surface area (Å²) in [5, 5.41) is 2.80. The molecule has 0 radical (unpaired) electrons. The van der Waals surface area contributed by atoms with E-state index in [1.807, 2.05) is 25.1 Å². The van der Waals surface area contributed by atoms with Crippen LogP contribution < -0.4 is 5.32 Å². The molecule has 0 aliphatic rings. The van der Waals surface area contributed by atoms with Crippen molar-refractivity contribution in [1.82, 2.24) is 0 Å². The molecule has 1 aromatic heterocycles. The van der Waals surface area contributed by atoms with Gasteiger partial charge in [0.2, 0.25) is 0 Å². The molecule has 2 rings (SSSR count). The van der Waals surface area contributed by atoms with Gasteiger partial charge >= 0.3 is 0 Å². The van der Waals surface area contributed by atoms with Gasteiger partial charge in [-0.1, -0.05) is 12.1 Å². The summed E-state index contributed by atoms with van der Waals surface area (Å²) in [4.78, 5) is 11.9. The normalized spacial score (nSPS) is 10.3. The highest BCUT2D eigenvalue weighted by atomic mass is 79.9. The highest BCUT2D eigenvalue weighted by Gasteiger charge is 2.12. The van der Waals surface area contributed by atoms with E-state index in [-0.39, 0.29) is 5.91 Å². The van der Waals surface area contributed by atoms with Crippen molar-refractivity contribution in [3.8, 4) is 0 Å². The quantitative estimate of drug-likeness (QED) is 0.912. The Morgan fingerprint density at radius 3 is 2.65 bits per heavy atom. The molecule has 1 N–H and O–H groups in total. The van der Waals surface area contributed by atoms with E-state index in [0.29, 0.717) is 5.76 Å². The Hall–Kier alpha value is -1.55. The average Bonchev–Trinajstić information content (AvgIpc) is 2.72. The van der Waals surface area contributed by atoms with Gasteiger partial charge in [-0.15, -0.1) is 0 Å². The third kappa shape index (κ3) is 2.58. The van der Waals surface area contributed by atoms with Gasteiger partial charge in [0.05, 0.1) is 5.69 Å². The fourth-order valence-corrected chi connectivity index (χ4v) is 1.85. The standard InChI is InChI=1S/C13H12BrNO2/c1-8-4-3-5-10(12(8)14)15-13(16)11-7-6-9(2)17-11/h3-7H,1-2H3,(H,15,16). The first-order valence-corrected chi connectivity index (χ1v) is 6.00. The van der Waals surface area contributed by atoms with E-state index in [1.165, 1.54) is 0 Å². The Morgan fingerprint density at radius 2 is 2.00 bits per heavy atom. The van der Waals surface area contributed by atoms with Gasteiger partial charge in [0.25, 0.3) is 5.91 Å². The Labute approximate surface area is 108 Å². The molecule has 0 saturated carbocycles. The first-order chi connectivity index (χ1) is 8.08. The number of halogens is 1. The Kier molecular flexibility index (Phi) is 3.33. The minimum Gasteiger partial charge on any atom is -0.456 e. The lowest BCUT2D eigenvalue weighted by atomic mass is 10.2. The van der Waals surface area contributed by atoms with E-state index in [9.17, 15) is 4.79 Å². The van der Waals surface area contributed by atoms with Crippen LogP contribution in [0.2, 0.25) is 0 Å². The Bertz CT molecular complexity index is 560. The number of amides is 1. The first kappa shape index (κ1) is 11.9. The number of carbonyl (C=O) groups excluding carboxylic acids is 1. The van der Waals surface area contributed by atoms with E-state index in [0.717, 1.165) is 21.5 Å². The summed E-state index contributed by atoms with van der Waals surface area (Å²) in [5.41, 5.74) is 1.81. The summed E-state index contributed by atoms with van der Waals surface area (Å²) in [6.07, 6.45) is 0. The third-order valence-electron chi connectivity index (χ3n) is 2.40. The lowest BCUT2D eigenvalue weighted by molar-refractivity contribution is 0.0995. The van der Waals surface area contributed by atoms with Crippen molar-refractivity contribution in [3.05, 3.63) is 51.9 Å². The van der Waals surface area contributed by atoms with Gasteiger partial charge in [-0.25, -0.2) is 0 Å². The molecule has 1 amide bonds. The largest absolute Gasteiger partial charge is 0.456 e. The SMILES string of the molecule is Cc1ccc(C(=O)Nc2cccc(C)c2Br)o1. The average molecular weight is 294 g/mol. The molecular weight excluding hydrogens is 282 g/mol. The van der Waals surface area contributed by atoms with Crippen molar-refractivity contribution >= 4 is 27.5 Å². The highest BCUT2D eigenvalue weighted by Crippen LogP contribution is 2.26. The van der Waals surface area contributed by atoms with Gasteiger partial charge in [-0.2, -0.15) is 0 Å². The lowest BCUT2D eigenvalue weighted by Crippen LogP contribution is -2.11. The van der Waals surface area contributed by atoms with Crippen LogP contribution in [0, 0.1) is 13.8 Å². The van der Waals surface area contributed by atoms with Crippen LogP contribution in [0.5, 0.6) is 0 Å². The van der Waals surface area contributed by atoms with E-state index in [2.05, 4.69) is 21.2 Å². The minimum atomic E-state index is -0.246. The predicted molar refractivity (Wildman–Crippen MR) is 70.3 cm³/mol. The monoisotopic (exact) mass is 293 g/mol. The molecule has 17 heavy (non-hydrogen) atoms. The van der Waals surface area contributed by atoms with E-state index in [1.54, 1.807) is 19.1 Å². The molecule has 2 aromatic rings. The van der Waals surface area contributed by atoms with Crippen molar-refractivity contribution in [3.63, 3.8) is 0 Å². The molecule has 0 unspecified atom stereocenters. The molecule has 1 aromatic carbocycles. The molecule has 88 valence electrons. The molecule has 0 bridgehead atoms. The van der Waals surface area contributed by atoms with Gasteiger partial charge in [0, 0.05) is 4.47 Å². The number of aryl methyl sites for hydroxylation is 2. The number of nitrogens with one attached hydrogen (secondary N) is 1. The second kappa shape index (κ2) is 4.75. The summed E-state index contributed by atoms with van der Waals surface area (Å²) in [6.45, 7) is 3.77. The molecular formula is C13H12BrNO2. The summed E-state index contributed by atoms with van der Waals surface area (Å²) >= 11 is 3.44. The van der Waals surface area contributed by atoms with Crippen molar-refractivity contribution in [2.45, 2.75) is 13.8 Å². The van der Waals surface area contributed by atoms with Crippen LogP contribution in [0.3, 0.4) is 0 Å². The third-order valence-corrected chi connectivity index (χ3v) is 3.46. The molecule has 0 atom stereocenters. The molecule has 0 saturated heterocycles. The van der Waals surface area contributed by atoms with Gasteiger partial charge in [-0.3, -0.25) is 4.79 Å². The van der Waals surface area contributed by atoms with Gasteiger partial charge in [-0.05, 0) is 53.5 Å². The van der Waals surface area contributed by atoms with E-state index < -0.39 is 0 Å². The van der Waals surface area contributed by atoms with Gasteiger partial charge in [0.1, 0.15) is 5.76 Å². The number of anilines is 1. The summed E-state index contributed by atoms with van der Waals surface area (Å²) in [5.74, 6) is 0.791. The van der Waals surface area contributed by atoms with Gasteiger partial charge < -0.3 is 9.73 Å². The minimum absolute atomic E-state index is 0.246. The number of carbonyl (C=O) groups is 1. The van der Waals surface area contributed by atoms with Crippen molar-refractivity contribution in [2.24, 2.45) is 0 Å². The Balaban J connectivity index is 2.21. The van der Waals surface area contributed by atoms with E-state index >= 15 is 0 Å². The molecule has 1 heterocycles.